The van der Waals surface area contributed by atoms with Crippen LogP contribution in [-0.4, -0.2) is 23.7 Å². The third-order valence-corrected chi connectivity index (χ3v) is 2.85. The molecule has 1 aliphatic rings. The standard InChI is InChI=1S/C8H13NOS/c1-3-4-8-5-7(6-10)9(2)11-8/h4,6-7H,3,5H2,1-2H3. The molecule has 1 unspecified atom stereocenters. The van der Waals surface area contributed by atoms with E-state index in [2.05, 4.69) is 13.0 Å². The van der Waals surface area contributed by atoms with Gasteiger partial charge in [-0.05, 0) is 30.3 Å². The van der Waals surface area contributed by atoms with Crippen LogP contribution in [-0.2, 0) is 4.79 Å². The zero-order valence-corrected chi connectivity index (χ0v) is 7.73. The quantitative estimate of drug-likeness (QED) is 0.467. The first-order chi connectivity index (χ1) is 5.27. The Labute approximate surface area is 71.8 Å². The molecule has 1 atom stereocenters. The van der Waals surface area contributed by atoms with Gasteiger partial charge in [0.1, 0.15) is 6.29 Å². The van der Waals surface area contributed by atoms with E-state index in [1.807, 2.05) is 11.4 Å². The highest BCUT2D eigenvalue weighted by Crippen LogP contribution is 2.34. The Kier molecular flexibility index (Phi) is 3.15. The van der Waals surface area contributed by atoms with Crippen molar-refractivity contribution in [2.45, 2.75) is 25.8 Å². The lowest BCUT2D eigenvalue weighted by Gasteiger charge is -2.08. The lowest BCUT2D eigenvalue weighted by molar-refractivity contribution is -0.110. The average molecular weight is 171 g/mol. The number of aldehydes is 1. The minimum Gasteiger partial charge on any atom is -0.302 e. The molecular weight excluding hydrogens is 158 g/mol. The Hall–Kier alpha value is -0.280. The Bertz CT molecular complexity index is 179. The molecule has 1 saturated heterocycles. The van der Waals surface area contributed by atoms with Crippen LogP contribution in [0.2, 0.25) is 0 Å². The number of nitrogens with zero attached hydrogens (tertiary/aromatic N) is 1. The van der Waals surface area contributed by atoms with Crippen molar-refractivity contribution in [1.29, 1.82) is 0 Å². The Morgan fingerprint density at radius 1 is 1.82 bits per heavy atom. The molecule has 3 heteroatoms. The van der Waals surface area contributed by atoms with Crippen molar-refractivity contribution >= 4 is 18.2 Å². The van der Waals surface area contributed by atoms with E-state index in [1.54, 1.807) is 11.9 Å². The predicted octanol–water partition coefficient (Wildman–Crippen LogP) is 1.83. The summed E-state index contributed by atoms with van der Waals surface area (Å²) < 4.78 is 2.01. The molecule has 2 nitrogen and oxygen atoms in total. The largest absolute Gasteiger partial charge is 0.302 e. The first kappa shape index (κ1) is 8.81. The molecule has 0 saturated carbocycles. The highest BCUT2D eigenvalue weighted by Gasteiger charge is 2.24. The smallest absolute Gasteiger partial charge is 0.138 e. The van der Waals surface area contributed by atoms with Crippen LogP contribution in [0, 0.1) is 0 Å². The van der Waals surface area contributed by atoms with Gasteiger partial charge in [-0.3, -0.25) is 0 Å². The topological polar surface area (TPSA) is 20.3 Å². The van der Waals surface area contributed by atoms with Crippen LogP contribution in [0.4, 0.5) is 0 Å². The number of likely N-dealkylation sites (N-methyl/N-ethyl adjacent to an activating group) is 1. The van der Waals surface area contributed by atoms with Crippen molar-refractivity contribution < 1.29 is 4.79 Å². The van der Waals surface area contributed by atoms with Gasteiger partial charge in [0.2, 0.25) is 0 Å². The molecule has 0 aromatic rings. The molecule has 0 aliphatic carbocycles. The summed E-state index contributed by atoms with van der Waals surface area (Å²) in [6.45, 7) is 2.11. The van der Waals surface area contributed by atoms with E-state index in [0.717, 1.165) is 19.1 Å². The molecule has 0 N–H and O–H groups in total. The predicted molar refractivity (Wildman–Crippen MR) is 48.2 cm³/mol. The van der Waals surface area contributed by atoms with E-state index in [-0.39, 0.29) is 6.04 Å². The number of hydrogen-bond donors (Lipinski definition) is 0. The number of hydrogen-bond acceptors (Lipinski definition) is 3. The second-order valence-electron chi connectivity index (χ2n) is 2.62. The fourth-order valence-electron chi connectivity index (χ4n) is 1.11. The first-order valence-electron chi connectivity index (χ1n) is 3.83. The second kappa shape index (κ2) is 3.93. The summed E-state index contributed by atoms with van der Waals surface area (Å²) in [5, 5.41) is 0. The molecule has 62 valence electrons. The highest BCUT2D eigenvalue weighted by atomic mass is 32.2. The van der Waals surface area contributed by atoms with Crippen molar-refractivity contribution in [2.24, 2.45) is 0 Å². The molecule has 1 aliphatic heterocycles. The molecule has 0 radical (unpaired) electrons. The van der Waals surface area contributed by atoms with Crippen LogP contribution in [0.5, 0.6) is 0 Å². The lowest BCUT2D eigenvalue weighted by atomic mass is 10.2. The Balaban J connectivity index is 2.55. The van der Waals surface area contributed by atoms with Gasteiger partial charge in [-0.1, -0.05) is 13.0 Å². The van der Waals surface area contributed by atoms with E-state index >= 15 is 0 Å². The van der Waals surface area contributed by atoms with Crippen molar-refractivity contribution in [3.63, 3.8) is 0 Å². The van der Waals surface area contributed by atoms with Gasteiger partial charge in [-0.15, -0.1) is 0 Å². The van der Waals surface area contributed by atoms with Crippen LogP contribution in [0.25, 0.3) is 0 Å². The summed E-state index contributed by atoms with van der Waals surface area (Å²) >= 11 is 1.69. The third kappa shape index (κ3) is 2.07. The maximum atomic E-state index is 10.5. The van der Waals surface area contributed by atoms with E-state index in [0.29, 0.717) is 0 Å². The summed E-state index contributed by atoms with van der Waals surface area (Å²) in [6.07, 6.45) is 5.16. The lowest BCUT2D eigenvalue weighted by Crippen LogP contribution is -2.20. The van der Waals surface area contributed by atoms with Gasteiger partial charge in [0.25, 0.3) is 0 Å². The molecule has 11 heavy (non-hydrogen) atoms. The van der Waals surface area contributed by atoms with E-state index in [4.69, 9.17) is 0 Å². The summed E-state index contributed by atoms with van der Waals surface area (Å²) in [6, 6.07) is 0.0952. The van der Waals surface area contributed by atoms with Crippen LogP contribution in [0.15, 0.2) is 11.0 Å². The summed E-state index contributed by atoms with van der Waals surface area (Å²) in [4.78, 5) is 11.8. The minimum absolute atomic E-state index is 0.0952. The van der Waals surface area contributed by atoms with Crippen molar-refractivity contribution in [3.05, 3.63) is 11.0 Å². The molecule has 0 aromatic heterocycles. The van der Waals surface area contributed by atoms with Crippen LogP contribution in [0.1, 0.15) is 19.8 Å². The molecule has 0 spiro atoms. The van der Waals surface area contributed by atoms with Gasteiger partial charge in [-0.25, -0.2) is 4.31 Å². The van der Waals surface area contributed by atoms with Gasteiger partial charge in [0.15, 0.2) is 0 Å². The molecule has 1 rings (SSSR count). The molecule has 0 bridgehead atoms. The fraction of sp³-hybridized carbons (Fsp3) is 0.625. The summed E-state index contributed by atoms with van der Waals surface area (Å²) in [7, 11) is 1.96. The second-order valence-corrected chi connectivity index (χ2v) is 3.91. The van der Waals surface area contributed by atoms with Gasteiger partial charge in [-0.2, -0.15) is 0 Å². The Morgan fingerprint density at radius 3 is 3.00 bits per heavy atom. The third-order valence-electron chi connectivity index (χ3n) is 1.73. The zero-order chi connectivity index (χ0) is 8.27. The maximum Gasteiger partial charge on any atom is 0.138 e. The first-order valence-corrected chi connectivity index (χ1v) is 4.60. The normalized spacial score (nSPS) is 29.6. The minimum atomic E-state index is 0.0952. The molecule has 1 fully saturated rings. The monoisotopic (exact) mass is 171 g/mol. The van der Waals surface area contributed by atoms with E-state index < -0.39 is 0 Å². The van der Waals surface area contributed by atoms with Crippen molar-refractivity contribution in [2.75, 3.05) is 7.05 Å². The van der Waals surface area contributed by atoms with Crippen LogP contribution >= 0.6 is 11.9 Å². The SMILES string of the molecule is CCC=C1CC(C=O)N(C)S1. The van der Waals surface area contributed by atoms with Gasteiger partial charge in [0, 0.05) is 6.42 Å². The molecule has 1 heterocycles. The highest BCUT2D eigenvalue weighted by molar-refractivity contribution is 8.01. The van der Waals surface area contributed by atoms with Gasteiger partial charge >= 0.3 is 0 Å². The Morgan fingerprint density at radius 2 is 2.55 bits per heavy atom. The zero-order valence-electron chi connectivity index (χ0n) is 6.91. The van der Waals surface area contributed by atoms with E-state index in [9.17, 15) is 4.79 Å². The van der Waals surface area contributed by atoms with Crippen LogP contribution in [0.3, 0.4) is 0 Å². The number of carbonyl (C=O) groups is 1. The fourth-order valence-corrected chi connectivity index (χ4v) is 2.22. The summed E-state index contributed by atoms with van der Waals surface area (Å²) in [5.41, 5.74) is 0. The van der Waals surface area contributed by atoms with Gasteiger partial charge in [0.05, 0.1) is 6.04 Å². The number of carbonyl (C=O) groups excluding carboxylic acids is 1. The molecular formula is C8H13NOS. The van der Waals surface area contributed by atoms with Crippen molar-refractivity contribution in [3.8, 4) is 0 Å². The van der Waals surface area contributed by atoms with E-state index in [1.165, 1.54) is 4.91 Å². The van der Waals surface area contributed by atoms with Crippen LogP contribution < -0.4 is 0 Å². The van der Waals surface area contributed by atoms with Crippen molar-refractivity contribution in [1.82, 2.24) is 4.31 Å². The molecule has 0 amide bonds. The maximum absolute atomic E-state index is 10.5. The van der Waals surface area contributed by atoms with Gasteiger partial charge < -0.3 is 4.79 Å². The summed E-state index contributed by atoms with van der Waals surface area (Å²) in [5.74, 6) is 0. The molecule has 0 aromatic carbocycles. The number of allylic oxidation sites excluding steroid dienone is 1. The average Bonchev–Trinajstić information content (AvgIpc) is 2.32. The number of rotatable bonds is 2.